The molecule has 4 rings (SSSR count). The summed E-state index contributed by atoms with van der Waals surface area (Å²) < 4.78 is 30.5. The van der Waals surface area contributed by atoms with Crippen LogP contribution in [0.25, 0.3) is 0 Å². The third kappa shape index (κ3) is 5.83. The van der Waals surface area contributed by atoms with Crippen LogP contribution in [0.4, 0.5) is 0 Å². The molecule has 0 amide bonds. The van der Waals surface area contributed by atoms with E-state index in [2.05, 4.69) is 6.92 Å². The Morgan fingerprint density at radius 2 is 0.917 bits per heavy atom. The van der Waals surface area contributed by atoms with E-state index in [-0.39, 0.29) is 5.66 Å². The van der Waals surface area contributed by atoms with Crippen LogP contribution in [-0.2, 0) is 9.13 Å². The molecule has 1 unspecified atom stereocenters. The first-order valence-electron chi connectivity index (χ1n) is 13.0. The molecule has 0 aliphatic rings. The highest BCUT2D eigenvalue weighted by atomic mass is 31.2. The van der Waals surface area contributed by atoms with Crippen LogP contribution in [0.5, 0.6) is 0 Å². The molecule has 0 N–H and O–H groups in total. The first-order valence-corrected chi connectivity index (χ1v) is 16.7. The molecule has 0 aliphatic heterocycles. The third-order valence-electron chi connectivity index (χ3n) is 7.00. The van der Waals surface area contributed by atoms with Gasteiger partial charge in [-0.3, -0.25) is 0 Å². The van der Waals surface area contributed by atoms with Gasteiger partial charge in [-0.25, -0.2) is 0 Å². The molecule has 2 nitrogen and oxygen atoms in total. The van der Waals surface area contributed by atoms with Crippen molar-refractivity contribution in [3.8, 4) is 0 Å². The summed E-state index contributed by atoms with van der Waals surface area (Å²) in [6.07, 6.45) is 5.54. The molecule has 1 atom stereocenters. The Kier molecular flexibility index (Phi) is 9.19. The maximum Gasteiger partial charge on any atom is 0.146 e. The Morgan fingerprint density at radius 1 is 0.528 bits per heavy atom. The highest BCUT2D eigenvalue weighted by Gasteiger charge is 2.41. The van der Waals surface area contributed by atoms with Crippen molar-refractivity contribution in [3.63, 3.8) is 0 Å². The third-order valence-corrected chi connectivity index (χ3v) is 14.1. The Hall–Kier alpha value is -2.66. The van der Waals surface area contributed by atoms with Gasteiger partial charge in [0, 0.05) is 33.0 Å². The Balaban J connectivity index is 1.87. The Labute approximate surface area is 216 Å². The zero-order chi connectivity index (χ0) is 25.3. The van der Waals surface area contributed by atoms with Crippen LogP contribution in [0.15, 0.2) is 121 Å². The van der Waals surface area contributed by atoms with Crippen molar-refractivity contribution in [3.05, 3.63) is 121 Å². The number of benzene rings is 4. The van der Waals surface area contributed by atoms with Crippen LogP contribution in [0, 0.1) is 0 Å². The molecule has 0 saturated carbocycles. The van der Waals surface area contributed by atoms with E-state index in [1.165, 1.54) is 0 Å². The van der Waals surface area contributed by atoms with Crippen molar-refractivity contribution in [2.75, 3.05) is 6.16 Å². The van der Waals surface area contributed by atoms with E-state index in [1.54, 1.807) is 0 Å². The highest BCUT2D eigenvalue weighted by Crippen LogP contribution is 2.57. The van der Waals surface area contributed by atoms with Crippen molar-refractivity contribution in [1.29, 1.82) is 0 Å². The molecular weight excluding hydrogens is 478 g/mol. The smallest absolute Gasteiger partial charge is 0.146 e. The second-order valence-corrected chi connectivity index (χ2v) is 15.4. The van der Waals surface area contributed by atoms with Gasteiger partial charge in [0.05, 0.1) is 0 Å². The van der Waals surface area contributed by atoms with E-state index in [0.717, 1.165) is 53.3 Å². The van der Waals surface area contributed by atoms with E-state index in [4.69, 9.17) is 0 Å². The highest BCUT2D eigenvalue weighted by molar-refractivity contribution is 7.82. The van der Waals surface area contributed by atoms with Crippen LogP contribution in [0.1, 0.15) is 39.0 Å². The van der Waals surface area contributed by atoms with E-state index < -0.39 is 14.3 Å². The van der Waals surface area contributed by atoms with Gasteiger partial charge in [-0.1, -0.05) is 154 Å². The van der Waals surface area contributed by atoms with E-state index in [0.29, 0.717) is 6.16 Å². The fraction of sp³-hybridized carbons (Fsp3) is 0.250. The summed E-state index contributed by atoms with van der Waals surface area (Å²) in [6.45, 7) is 2.20. The summed E-state index contributed by atoms with van der Waals surface area (Å²) >= 11 is 0. The van der Waals surface area contributed by atoms with E-state index >= 15 is 9.13 Å². The SMILES string of the molecule is CCCCCCC(CP(=O)(c1ccccc1)c1ccccc1)P(=O)(c1ccccc1)c1ccccc1. The summed E-state index contributed by atoms with van der Waals surface area (Å²) in [4.78, 5) is 0. The largest absolute Gasteiger partial charge is 0.314 e. The Morgan fingerprint density at radius 3 is 1.31 bits per heavy atom. The molecular formula is C32H36O2P2. The molecule has 0 aromatic heterocycles. The first kappa shape index (κ1) is 26.4. The molecule has 0 bridgehead atoms. The minimum Gasteiger partial charge on any atom is -0.314 e. The summed E-state index contributed by atoms with van der Waals surface area (Å²) in [6, 6.07) is 39.4. The van der Waals surface area contributed by atoms with Crippen LogP contribution in [0.3, 0.4) is 0 Å². The molecule has 0 spiro atoms. The number of rotatable bonds is 12. The second-order valence-electron chi connectivity index (χ2n) is 9.43. The summed E-state index contributed by atoms with van der Waals surface area (Å²) in [5.41, 5.74) is -0.231. The van der Waals surface area contributed by atoms with Crippen molar-refractivity contribution >= 4 is 35.5 Å². The summed E-state index contributed by atoms with van der Waals surface area (Å²) in [7, 11) is -6.14. The fourth-order valence-corrected chi connectivity index (χ4v) is 12.4. The normalized spacial score (nSPS) is 12.8. The van der Waals surface area contributed by atoms with Crippen molar-refractivity contribution in [2.24, 2.45) is 0 Å². The lowest BCUT2D eigenvalue weighted by molar-refractivity contribution is 0.559. The van der Waals surface area contributed by atoms with Gasteiger partial charge in [-0.2, -0.15) is 0 Å². The fourth-order valence-electron chi connectivity index (χ4n) is 5.06. The average Bonchev–Trinajstić information content (AvgIpc) is 2.96. The van der Waals surface area contributed by atoms with Gasteiger partial charge in [0.1, 0.15) is 14.3 Å². The van der Waals surface area contributed by atoms with Gasteiger partial charge in [0.2, 0.25) is 0 Å². The quantitative estimate of drug-likeness (QED) is 0.146. The van der Waals surface area contributed by atoms with Crippen LogP contribution < -0.4 is 21.2 Å². The maximum absolute atomic E-state index is 15.4. The summed E-state index contributed by atoms with van der Waals surface area (Å²) in [5.74, 6) is 0. The van der Waals surface area contributed by atoms with Crippen molar-refractivity contribution in [2.45, 2.75) is 44.7 Å². The molecule has 0 saturated heterocycles. The van der Waals surface area contributed by atoms with Gasteiger partial charge in [0.15, 0.2) is 0 Å². The number of hydrogen-bond acceptors (Lipinski definition) is 2. The molecule has 0 radical (unpaired) electrons. The average molecular weight is 515 g/mol. The van der Waals surface area contributed by atoms with Crippen LogP contribution in [0.2, 0.25) is 0 Å². The standard InChI is InChI=1S/C32H36O2P2/c1-2-3-4-9-26-32(36(34,30-22-14-7-15-23-30)31-24-16-8-17-25-31)27-35(33,28-18-10-5-11-19-28)29-20-12-6-13-21-29/h5-8,10-25,32H,2-4,9,26-27H2,1H3. The molecule has 4 heteroatoms. The summed E-state index contributed by atoms with van der Waals surface area (Å²) in [5, 5.41) is 3.37. The van der Waals surface area contributed by atoms with Crippen molar-refractivity contribution in [1.82, 2.24) is 0 Å². The van der Waals surface area contributed by atoms with Gasteiger partial charge < -0.3 is 9.13 Å². The van der Waals surface area contributed by atoms with Gasteiger partial charge in [-0.15, -0.1) is 0 Å². The zero-order valence-electron chi connectivity index (χ0n) is 21.1. The lowest BCUT2D eigenvalue weighted by Crippen LogP contribution is -2.32. The number of unbranched alkanes of at least 4 members (excludes halogenated alkanes) is 3. The maximum atomic E-state index is 15.4. The van der Waals surface area contributed by atoms with Crippen LogP contribution in [-0.4, -0.2) is 11.8 Å². The second kappa shape index (κ2) is 12.5. The lowest BCUT2D eigenvalue weighted by atomic mass is 10.1. The topological polar surface area (TPSA) is 34.1 Å². The first-order chi connectivity index (χ1) is 17.6. The number of hydrogen-bond donors (Lipinski definition) is 0. The van der Waals surface area contributed by atoms with Gasteiger partial charge in [-0.05, 0) is 6.42 Å². The minimum absolute atomic E-state index is 0.231. The van der Waals surface area contributed by atoms with Gasteiger partial charge in [0.25, 0.3) is 0 Å². The van der Waals surface area contributed by atoms with Crippen LogP contribution >= 0.6 is 14.3 Å². The van der Waals surface area contributed by atoms with Gasteiger partial charge >= 0.3 is 0 Å². The Bertz CT molecular complexity index is 1200. The predicted molar refractivity (Wildman–Crippen MR) is 157 cm³/mol. The minimum atomic E-state index is -3.09. The molecule has 4 aromatic rings. The van der Waals surface area contributed by atoms with E-state index in [9.17, 15) is 0 Å². The lowest BCUT2D eigenvalue weighted by Gasteiger charge is -2.32. The van der Waals surface area contributed by atoms with Crippen molar-refractivity contribution < 1.29 is 9.13 Å². The predicted octanol–water partition coefficient (Wildman–Crippen LogP) is 7.35. The molecule has 0 heterocycles. The molecule has 186 valence electrons. The molecule has 0 aliphatic carbocycles. The molecule has 0 fully saturated rings. The molecule has 36 heavy (non-hydrogen) atoms. The molecule has 4 aromatic carbocycles. The zero-order valence-corrected chi connectivity index (χ0v) is 22.9. The van der Waals surface area contributed by atoms with E-state index in [1.807, 2.05) is 121 Å². The monoisotopic (exact) mass is 514 g/mol.